The van der Waals surface area contributed by atoms with E-state index >= 15 is 0 Å². The van der Waals surface area contributed by atoms with Gasteiger partial charge in [-0.25, -0.2) is 4.98 Å². The van der Waals surface area contributed by atoms with E-state index in [1.165, 1.54) is 24.2 Å². The smallest absolute Gasteiger partial charge is 0.109 e. The molecule has 2 N–H and O–H groups in total. The van der Waals surface area contributed by atoms with Crippen LogP contribution in [0.25, 0.3) is 11.0 Å². The van der Waals surface area contributed by atoms with E-state index in [-0.39, 0.29) is 0 Å². The van der Waals surface area contributed by atoms with Crippen LogP contribution in [0, 0.1) is 0 Å². The second-order valence-corrected chi connectivity index (χ2v) is 4.51. The molecular formula is C13H17N3. The summed E-state index contributed by atoms with van der Waals surface area (Å²) in [5.74, 6) is 1.21. The molecule has 1 saturated carbocycles. The minimum atomic E-state index is 0.591. The van der Waals surface area contributed by atoms with Gasteiger partial charge in [-0.15, -0.1) is 0 Å². The first-order chi connectivity index (χ1) is 7.83. The highest BCUT2D eigenvalue weighted by molar-refractivity contribution is 5.77. The standard InChI is InChI=1S/C13H17N3/c1-2-13-15-11-7-9(8-14)3-6-12(11)16(13)10-4-5-10/h3,6-7,10H,2,4-5,8,14H2,1H3. The molecule has 1 heterocycles. The summed E-state index contributed by atoms with van der Waals surface area (Å²) in [6.45, 7) is 2.76. The van der Waals surface area contributed by atoms with Gasteiger partial charge in [-0.05, 0) is 30.5 Å². The zero-order chi connectivity index (χ0) is 11.1. The number of hydrogen-bond acceptors (Lipinski definition) is 2. The van der Waals surface area contributed by atoms with E-state index in [1.807, 2.05) is 0 Å². The van der Waals surface area contributed by atoms with Gasteiger partial charge in [0.25, 0.3) is 0 Å². The number of benzene rings is 1. The highest BCUT2D eigenvalue weighted by atomic mass is 15.1. The number of aryl methyl sites for hydroxylation is 1. The monoisotopic (exact) mass is 215 g/mol. The SMILES string of the molecule is CCc1nc2cc(CN)ccc2n1C1CC1. The lowest BCUT2D eigenvalue weighted by Crippen LogP contribution is -2.00. The fourth-order valence-electron chi connectivity index (χ4n) is 2.31. The topological polar surface area (TPSA) is 43.8 Å². The van der Waals surface area contributed by atoms with Crippen molar-refractivity contribution >= 4 is 11.0 Å². The van der Waals surface area contributed by atoms with Crippen LogP contribution in [0.2, 0.25) is 0 Å². The molecule has 0 spiro atoms. The molecule has 3 rings (SSSR count). The zero-order valence-electron chi connectivity index (χ0n) is 9.61. The quantitative estimate of drug-likeness (QED) is 0.854. The lowest BCUT2D eigenvalue weighted by atomic mass is 10.2. The lowest BCUT2D eigenvalue weighted by molar-refractivity contribution is 0.708. The number of rotatable bonds is 3. The largest absolute Gasteiger partial charge is 0.326 e. The first-order valence-electron chi connectivity index (χ1n) is 6.03. The van der Waals surface area contributed by atoms with Gasteiger partial charge in [0.05, 0.1) is 11.0 Å². The van der Waals surface area contributed by atoms with E-state index in [9.17, 15) is 0 Å². The van der Waals surface area contributed by atoms with Crippen molar-refractivity contribution in [3.8, 4) is 0 Å². The Morgan fingerprint density at radius 3 is 2.88 bits per heavy atom. The second kappa shape index (κ2) is 3.59. The van der Waals surface area contributed by atoms with Crippen LogP contribution in [0.1, 0.15) is 37.2 Å². The summed E-state index contributed by atoms with van der Waals surface area (Å²) in [5, 5.41) is 0. The van der Waals surface area contributed by atoms with Crippen LogP contribution in [0.15, 0.2) is 18.2 Å². The van der Waals surface area contributed by atoms with Gasteiger partial charge in [0, 0.05) is 19.0 Å². The van der Waals surface area contributed by atoms with Crippen molar-refractivity contribution < 1.29 is 0 Å². The van der Waals surface area contributed by atoms with Gasteiger partial charge in [-0.3, -0.25) is 0 Å². The van der Waals surface area contributed by atoms with Crippen molar-refractivity contribution in [2.24, 2.45) is 5.73 Å². The van der Waals surface area contributed by atoms with E-state index in [0.717, 1.165) is 17.5 Å². The van der Waals surface area contributed by atoms with Crippen LogP contribution in [0.5, 0.6) is 0 Å². The molecule has 2 aromatic rings. The summed E-state index contributed by atoms with van der Waals surface area (Å²) in [6, 6.07) is 7.10. The Hall–Kier alpha value is -1.35. The summed E-state index contributed by atoms with van der Waals surface area (Å²) in [6.07, 6.45) is 3.61. The molecule has 3 heteroatoms. The van der Waals surface area contributed by atoms with Crippen LogP contribution in [0.4, 0.5) is 0 Å². The third-order valence-corrected chi connectivity index (χ3v) is 3.29. The van der Waals surface area contributed by atoms with Gasteiger partial charge in [0.1, 0.15) is 5.82 Å². The molecule has 1 aliphatic carbocycles. The maximum Gasteiger partial charge on any atom is 0.109 e. The minimum Gasteiger partial charge on any atom is -0.326 e. The van der Waals surface area contributed by atoms with Gasteiger partial charge in [0.15, 0.2) is 0 Å². The Labute approximate surface area is 95.3 Å². The van der Waals surface area contributed by atoms with Crippen LogP contribution in [-0.2, 0) is 13.0 Å². The number of nitrogens with zero attached hydrogens (tertiary/aromatic N) is 2. The predicted octanol–water partition coefficient (Wildman–Crippen LogP) is 2.39. The molecule has 0 atom stereocenters. The Morgan fingerprint density at radius 1 is 1.44 bits per heavy atom. The molecule has 1 aromatic carbocycles. The maximum absolute atomic E-state index is 5.66. The molecule has 0 saturated heterocycles. The highest BCUT2D eigenvalue weighted by Gasteiger charge is 2.27. The molecule has 0 amide bonds. The molecular weight excluding hydrogens is 198 g/mol. The zero-order valence-corrected chi connectivity index (χ0v) is 9.61. The Balaban J connectivity index is 2.21. The van der Waals surface area contributed by atoms with Crippen molar-refractivity contribution in [2.45, 2.75) is 38.8 Å². The number of hydrogen-bond donors (Lipinski definition) is 1. The number of aromatic nitrogens is 2. The average Bonchev–Trinajstić information content (AvgIpc) is 3.08. The van der Waals surface area contributed by atoms with Gasteiger partial charge in [0.2, 0.25) is 0 Å². The molecule has 16 heavy (non-hydrogen) atoms. The van der Waals surface area contributed by atoms with Crippen LogP contribution in [0.3, 0.4) is 0 Å². The molecule has 0 aliphatic heterocycles. The summed E-state index contributed by atoms with van der Waals surface area (Å²) in [4.78, 5) is 4.71. The molecule has 84 valence electrons. The molecule has 1 fully saturated rings. The molecule has 0 radical (unpaired) electrons. The molecule has 1 aromatic heterocycles. The van der Waals surface area contributed by atoms with E-state index < -0.39 is 0 Å². The minimum absolute atomic E-state index is 0.591. The number of imidazole rings is 1. The van der Waals surface area contributed by atoms with Crippen molar-refractivity contribution in [1.29, 1.82) is 0 Å². The predicted molar refractivity (Wildman–Crippen MR) is 65.3 cm³/mol. The van der Waals surface area contributed by atoms with Crippen molar-refractivity contribution in [3.63, 3.8) is 0 Å². The highest BCUT2D eigenvalue weighted by Crippen LogP contribution is 2.38. The van der Waals surface area contributed by atoms with E-state index in [0.29, 0.717) is 12.6 Å². The van der Waals surface area contributed by atoms with Gasteiger partial charge < -0.3 is 10.3 Å². The molecule has 1 aliphatic rings. The second-order valence-electron chi connectivity index (χ2n) is 4.51. The first kappa shape index (κ1) is 9.85. The van der Waals surface area contributed by atoms with Crippen LogP contribution < -0.4 is 5.73 Å². The summed E-state index contributed by atoms with van der Waals surface area (Å²) in [7, 11) is 0. The Bertz CT molecular complexity index is 523. The molecule has 3 nitrogen and oxygen atoms in total. The average molecular weight is 215 g/mol. The fourth-order valence-corrected chi connectivity index (χ4v) is 2.31. The van der Waals surface area contributed by atoms with E-state index in [1.54, 1.807) is 0 Å². The first-order valence-corrected chi connectivity index (χ1v) is 6.03. The summed E-state index contributed by atoms with van der Waals surface area (Å²) in [5.41, 5.74) is 9.20. The van der Waals surface area contributed by atoms with Crippen molar-refractivity contribution in [2.75, 3.05) is 0 Å². The normalized spacial score (nSPS) is 15.9. The number of nitrogens with two attached hydrogens (primary N) is 1. The van der Waals surface area contributed by atoms with Crippen molar-refractivity contribution in [3.05, 3.63) is 29.6 Å². The lowest BCUT2D eigenvalue weighted by Gasteiger charge is -2.05. The van der Waals surface area contributed by atoms with Crippen molar-refractivity contribution in [1.82, 2.24) is 9.55 Å². The van der Waals surface area contributed by atoms with E-state index in [2.05, 4.69) is 29.7 Å². The third-order valence-electron chi connectivity index (χ3n) is 3.29. The van der Waals surface area contributed by atoms with E-state index in [4.69, 9.17) is 10.7 Å². The summed E-state index contributed by atoms with van der Waals surface area (Å²) >= 11 is 0. The third kappa shape index (κ3) is 1.43. The Kier molecular flexibility index (Phi) is 2.21. The summed E-state index contributed by atoms with van der Waals surface area (Å²) < 4.78 is 2.41. The Morgan fingerprint density at radius 2 is 2.25 bits per heavy atom. The molecule has 0 unspecified atom stereocenters. The number of fused-ring (bicyclic) bond motifs is 1. The van der Waals surface area contributed by atoms with Crippen LogP contribution in [-0.4, -0.2) is 9.55 Å². The van der Waals surface area contributed by atoms with Gasteiger partial charge >= 0.3 is 0 Å². The molecule has 0 bridgehead atoms. The fraction of sp³-hybridized carbons (Fsp3) is 0.462. The maximum atomic E-state index is 5.66. The van der Waals surface area contributed by atoms with Gasteiger partial charge in [-0.2, -0.15) is 0 Å². The van der Waals surface area contributed by atoms with Crippen LogP contribution >= 0.6 is 0 Å². The van der Waals surface area contributed by atoms with Gasteiger partial charge in [-0.1, -0.05) is 13.0 Å².